The van der Waals surface area contributed by atoms with Gasteiger partial charge in [-0.2, -0.15) is 0 Å². The first-order valence-electron chi connectivity index (χ1n) is 10.1. The molecule has 0 aliphatic carbocycles. The summed E-state index contributed by atoms with van der Waals surface area (Å²) in [5.74, 6) is 0.590. The molecule has 3 aromatic rings. The summed E-state index contributed by atoms with van der Waals surface area (Å²) in [6.45, 7) is 7.50. The minimum Gasteiger partial charge on any atom is -0.490 e. The van der Waals surface area contributed by atoms with Crippen molar-refractivity contribution in [3.8, 4) is 17.0 Å². The first-order chi connectivity index (χ1) is 15.6. The first kappa shape index (κ1) is 25.6. The van der Waals surface area contributed by atoms with E-state index < -0.39 is 14.2 Å². The first-order valence-corrected chi connectivity index (χ1v) is 15.3. The average molecular weight is 606 g/mol. The summed E-state index contributed by atoms with van der Waals surface area (Å²) < 4.78 is 14.3. The number of aromatic nitrogens is 4. The van der Waals surface area contributed by atoms with Gasteiger partial charge in [0.05, 0.1) is 26.8 Å². The van der Waals surface area contributed by atoms with Crippen molar-refractivity contribution in [2.24, 2.45) is 0 Å². The van der Waals surface area contributed by atoms with E-state index in [1.54, 1.807) is 12.3 Å². The molecule has 0 aromatic carbocycles. The minimum atomic E-state index is -1.28. The van der Waals surface area contributed by atoms with Crippen LogP contribution in [0.15, 0.2) is 18.6 Å². The van der Waals surface area contributed by atoms with Crippen LogP contribution in [0.1, 0.15) is 0 Å². The van der Waals surface area contributed by atoms with Crippen LogP contribution in [0.4, 0.5) is 10.6 Å². The predicted octanol–water partition coefficient (Wildman–Crippen LogP) is 4.52. The monoisotopic (exact) mass is 605 g/mol. The number of pyridine rings is 1. The summed E-state index contributed by atoms with van der Waals surface area (Å²) in [6.07, 6.45) is 1.64. The molecule has 0 atom stereocenters. The van der Waals surface area contributed by atoms with Crippen molar-refractivity contribution in [3.05, 3.63) is 27.3 Å². The van der Waals surface area contributed by atoms with E-state index in [0.717, 1.165) is 6.04 Å². The largest absolute Gasteiger partial charge is 0.490 e. The molecule has 0 fully saturated rings. The number of hydrogen-bond donors (Lipinski definition) is 3. The second-order valence-electron chi connectivity index (χ2n) is 8.36. The van der Waals surface area contributed by atoms with Crippen LogP contribution in [0, 0.1) is 3.57 Å². The van der Waals surface area contributed by atoms with E-state index in [-0.39, 0.29) is 30.9 Å². The van der Waals surface area contributed by atoms with Crippen LogP contribution < -0.4 is 10.1 Å². The Hall–Kier alpha value is -2.00. The number of fused-ring (bicyclic) bond motifs is 1. The lowest BCUT2D eigenvalue weighted by Gasteiger charge is -2.17. The Labute approximate surface area is 210 Å². The number of aliphatic hydroxyl groups excluding tert-OH is 1. The fraction of sp³-hybridized carbons (Fsp3) is 0.400. The summed E-state index contributed by atoms with van der Waals surface area (Å²) >= 11 is 8.21. The quantitative estimate of drug-likeness (QED) is 0.133. The summed E-state index contributed by atoms with van der Waals surface area (Å²) in [6, 6.07) is 2.56. The SMILES string of the molecule is C[Si](C)(C)CCOCn1c(-c2cnc(Cl)cc2OCCO)c(I)c2c(NC(=O)O)ncnc21. The second kappa shape index (κ2) is 10.9. The third-order valence-electron chi connectivity index (χ3n) is 4.66. The maximum Gasteiger partial charge on any atom is 0.410 e. The zero-order valence-electron chi connectivity index (χ0n) is 18.4. The molecule has 178 valence electrons. The highest BCUT2D eigenvalue weighted by molar-refractivity contribution is 14.1. The molecule has 0 aliphatic heterocycles. The molecule has 3 heterocycles. The fourth-order valence-corrected chi connectivity index (χ4v) is 5.09. The Morgan fingerprint density at radius 1 is 1.27 bits per heavy atom. The molecule has 0 saturated carbocycles. The number of ether oxygens (including phenoxy) is 2. The zero-order valence-corrected chi connectivity index (χ0v) is 22.3. The van der Waals surface area contributed by atoms with Gasteiger partial charge in [-0.05, 0) is 28.6 Å². The van der Waals surface area contributed by atoms with Crippen LogP contribution in [0.2, 0.25) is 30.8 Å². The number of amides is 1. The Balaban J connectivity index is 2.16. The lowest BCUT2D eigenvalue weighted by atomic mass is 10.2. The molecule has 0 aliphatic rings. The van der Waals surface area contributed by atoms with Gasteiger partial charge in [0.1, 0.15) is 42.0 Å². The van der Waals surface area contributed by atoms with Gasteiger partial charge >= 0.3 is 6.09 Å². The number of carboxylic acid groups (broad SMARTS) is 1. The normalized spacial score (nSPS) is 11.7. The van der Waals surface area contributed by atoms with Crippen molar-refractivity contribution in [2.45, 2.75) is 32.4 Å². The molecule has 3 rings (SSSR count). The van der Waals surface area contributed by atoms with Gasteiger partial charge < -0.3 is 19.7 Å². The molecule has 0 bridgehead atoms. The molecule has 0 spiro atoms. The van der Waals surface area contributed by atoms with E-state index >= 15 is 0 Å². The van der Waals surface area contributed by atoms with Gasteiger partial charge in [0.15, 0.2) is 0 Å². The number of anilines is 1. The highest BCUT2D eigenvalue weighted by atomic mass is 127. The van der Waals surface area contributed by atoms with Gasteiger partial charge in [-0.1, -0.05) is 31.2 Å². The Morgan fingerprint density at radius 2 is 2.03 bits per heavy atom. The Kier molecular flexibility index (Phi) is 8.50. The van der Waals surface area contributed by atoms with E-state index in [1.165, 1.54) is 6.33 Å². The molecule has 10 nitrogen and oxygen atoms in total. The summed E-state index contributed by atoms with van der Waals surface area (Å²) in [5.41, 5.74) is 1.78. The third-order valence-corrected chi connectivity index (χ3v) is 7.62. The second-order valence-corrected chi connectivity index (χ2v) is 15.5. The van der Waals surface area contributed by atoms with Crippen molar-refractivity contribution in [2.75, 3.05) is 25.1 Å². The fourth-order valence-electron chi connectivity index (χ4n) is 3.11. The van der Waals surface area contributed by atoms with E-state index in [4.69, 9.17) is 21.1 Å². The number of carbonyl (C=O) groups is 1. The smallest absolute Gasteiger partial charge is 0.410 e. The molecular formula is C20H25ClIN5O5Si. The summed E-state index contributed by atoms with van der Waals surface area (Å²) in [7, 11) is -1.28. The Bertz CT molecular complexity index is 1150. The number of nitrogens with one attached hydrogen (secondary N) is 1. The zero-order chi connectivity index (χ0) is 24.2. The summed E-state index contributed by atoms with van der Waals surface area (Å²) in [4.78, 5) is 24.1. The van der Waals surface area contributed by atoms with Gasteiger partial charge in [-0.15, -0.1) is 0 Å². The lowest BCUT2D eigenvalue weighted by molar-refractivity contribution is 0.0908. The molecular weight excluding hydrogens is 581 g/mol. The number of rotatable bonds is 10. The number of nitrogens with zero attached hydrogens (tertiary/aromatic N) is 4. The molecule has 0 radical (unpaired) electrons. The van der Waals surface area contributed by atoms with Crippen LogP contribution in [-0.2, 0) is 11.5 Å². The minimum absolute atomic E-state index is 0.0719. The number of aliphatic hydroxyl groups is 1. The van der Waals surface area contributed by atoms with Gasteiger partial charge in [-0.3, -0.25) is 9.88 Å². The maximum atomic E-state index is 11.3. The van der Waals surface area contributed by atoms with Crippen LogP contribution in [-0.4, -0.2) is 63.7 Å². The predicted molar refractivity (Wildman–Crippen MR) is 137 cm³/mol. The standard InChI is InChI=1S/C20H25ClIN5O5Si/c1-33(2,3)7-6-31-11-27-17(12-9-23-14(21)8-13(12)32-5-4-28)16(22)15-18(26-20(29)30)24-10-25-19(15)27/h8-10,28H,4-7,11H2,1-3H3,(H,29,30)(H,24,25,26). The van der Waals surface area contributed by atoms with Crippen molar-refractivity contribution in [1.82, 2.24) is 19.5 Å². The van der Waals surface area contributed by atoms with Crippen LogP contribution in [0.3, 0.4) is 0 Å². The molecule has 13 heteroatoms. The third kappa shape index (κ3) is 6.32. The van der Waals surface area contributed by atoms with Gasteiger partial charge in [0, 0.05) is 26.9 Å². The molecule has 33 heavy (non-hydrogen) atoms. The lowest BCUT2D eigenvalue weighted by Crippen LogP contribution is -2.22. The van der Waals surface area contributed by atoms with Crippen LogP contribution in [0.25, 0.3) is 22.3 Å². The number of halogens is 2. The molecule has 0 unspecified atom stereocenters. The summed E-state index contributed by atoms with van der Waals surface area (Å²) in [5, 5.41) is 21.6. The molecule has 3 aromatic heterocycles. The van der Waals surface area contributed by atoms with Crippen molar-refractivity contribution < 1.29 is 24.5 Å². The van der Waals surface area contributed by atoms with Gasteiger partial charge in [-0.25, -0.2) is 19.7 Å². The number of hydrogen-bond acceptors (Lipinski definition) is 7. The van der Waals surface area contributed by atoms with Gasteiger partial charge in [0.2, 0.25) is 0 Å². The molecule has 3 N–H and O–H groups in total. The van der Waals surface area contributed by atoms with E-state index in [2.05, 4.69) is 62.5 Å². The van der Waals surface area contributed by atoms with E-state index in [9.17, 15) is 15.0 Å². The molecule has 0 saturated heterocycles. The van der Waals surface area contributed by atoms with Crippen molar-refractivity contribution in [1.29, 1.82) is 0 Å². The average Bonchev–Trinajstić information content (AvgIpc) is 3.01. The van der Waals surface area contributed by atoms with Crippen molar-refractivity contribution >= 4 is 65.2 Å². The highest BCUT2D eigenvalue weighted by Crippen LogP contribution is 2.41. The van der Waals surface area contributed by atoms with E-state index in [1.807, 2.05) is 4.57 Å². The topological polar surface area (TPSA) is 132 Å². The maximum absolute atomic E-state index is 11.3. The van der Waals surface area contributed by atoms with E-state index in [0.29, 0.717) is 38.2 Å². The Morgan fingerprint density at radius 3 is 2.70 bits per heavy atom. The highest BCUT2D eigenvalue weighted by Gasteiger charge is 2.25. The van der Waals surface area contributed by atoms with Crippen LogP contribution in [0.5, 0.6) is 5.75 Å². The van der Waals surface area contributed by atoms with Gasteiger partial charge in [0.25, 0.3) is 0 Å². The molecule has 1 amide bonds. The van der Waals surface area contributed by atoms with Crippen molar-refractivity contribution in [3.63, 3.8) is 0 Å². The van der Waals surface area contributed by atoms with Crippen LogP contribution >= 0.6 is 34.2 Å².